The van der Waals surface area contributed by atoms with E-state index in [4.69, 9.17) is 0 Å². The summed E-state index contributed by atoms with van der Waals surface area (Å²) in [4.78, 5) is 2.69. The van der Waals surface area contributed by atoms with Gasteiger partial charge in [-0.2, -0.15) is 0 Å². The summed E-state index contributed by atoms with van der Waals surface area (Å²) in [7, 11) is 0. The Kier molecular flexibility index (Phi) is 12.0. The number of hydrogen-bond acceptors (Lipinski definition) is 3. The molecule has 0 bridgehead atoms. The number of nitrogens with zero attached hydrogens (tertiary/aromatic N) is 1. The summed E-state index contributed by atoms with van der Waals surface area (Å²) in [5.41, 5.74) is 24.2. The number of hydrogen-bond donors (Lipinski definition) is 1. The number of rotatable bonds is 6. The molecular weight excluding hydrogens is 961 g/mol. The zero-order valence-corrected chi connectivity index (χ0v) is 51.9. The number of anilines is 5. The summed E-state index contributed by atoms with van der Waals surface area (Å²) in [5.74, 6) is 0. The van der Waals surface area contributed by atoms with E-state index in [1.54, 1.807) is 0 Å². The molecule has 4 aliphatic carbocycles. The minimum atomic E-state index is 0.0508. The molecule has 0 unspecified atom stereocenters. The van der Waals surface area contributed by atoms with Crippen LogP contribution in [0, 0.1) is 19.3 Å². The number of fused-ring (bicyclic) bond motifs is 8. The summed E-state index contributed by atoms with van der Waals surface area (Å²) in [6.45, 7) is 44.3. The van der Waals surface area contributed by atoms with Crippen molar-refractivity contribution in [2.75, 3.05) is 10.2 Å². The molecular formula is C75H90N2S. The first-order valence-electron chi connectivity index (χ1n) is 30.0. The maximum absolute atomic E-state index is 4.22. The van der Waals surface area contributed by atoms with Gasteiger partial charge in [0.25, 0.3) is 0 Å². The minimum absolute atomic E-state index is 0.0508. The fourth-order valence-corrected chi connectivity index (χ4v) is 16.5. The minimum Gasteiger partial charge on any atom is -0.355 e. The molecule has 0 spiro atoms. The van der Waals surface area contributed by atoms with Gasteiger partial charge in [-0.15, -0.1) is 11.3 Å². The van der Waals surface area contributed by atoms with Crippen molar-refractivity contribution in [2.24, 2.45) is 5.41 Å². The predicted octanol–water partition coefficient (Wildman–Crippen LogP) is 22.4. The molecule has 0 saturated carbocycles. The molecule has 3 heteroatoms. The molecule has 4 aliphatic rings. The second-order valence-corrected chi connectivity index (χ2v) is 31.9. The van der Waals surface area contributed by atoms with Gasteiger partial charge in [-0.3, -0.25) is 0 Å². The molecule has 1 aromatic heterocycles. The van der Waals surface area contributed by atoms with Gasteiger partial charge < -0.3 is 10.2 Å². The monoisotopic (exact) mass is 1050 g/mol. The standard InChI is InChI=1S/C75H90N2S/c1-45-35-57-60(74(15,16)33-31-71(57,9)10)41-63(45)77(50-24-26-56-58(38-50)72(11,12)30-29-70(56,7)8)64-37-47-21-19-20-22-51(47)67(46(64)2)54-39-52-53-40-59-61(75(17,18)34-32-73(59,13)14)42-65(53)78-66(52)43-62(54)76-49-23-25-55-48(36-49)44-68(3,4)27-28-69(55,5)6/h19-26,35-43,76H,27-34,44H2,1-18H3. The van der Waals surface area contributed by atoms with Crippen molar-refractivity contribution in [1.29, 1.82) is 0 Å². The molecule has 0 saturated heterocycles. The van der Waals surface area contributed by atoms with Crippen LogP contribution in [0.15, 0.2) is 103 Å². The van der Waals surface area contributed by atoms with Gasteiger partial charge >= 0.3 is 0 Å². The third kappa shape index (κ3) is 8.68. The first-order valence-corrected chi connectivity index (χ1v) is 30.8. The predicted molar refractivity (Wildman–Crippen MR) is 342 cm³/mol. The van der Waals surface area contributed by atoms with Gasteiger partial charge in [0.05, 0.1) is 5.69 Å². The first-order chi connectivity index (χ1) is 36.4. The molecule has 0 fully saturated rings. The summed E-state index contributed by atoms with van der Waals surface area (Å²) >= 11 is 1.97. The Morgan fingerprint density at radius 1 is 0.423 bits per heavy atom. The lowest BCUT2D eigenvalue weighted by Gasteiger charge is -2.44. The van der Waals surface area contributed by atoms with E-state index in [-0.39, 0.29) is 43.3 Å². The maximum atomic E-state index is 4.22. The number of benzene rings is 7. The van der Waals surface area contributed by atoms with E-state index < -0.39 is 0 Å². The molecule has 1 heterocycles. The van der Waals surface area contributed by atoms with E-state index >= 15 is 0 Å². The van der Waals surface area contributed by atoms with Crippen molar-refractivity contribution >= 4 is 70.7 Å². The fourth-order valence-electron chi connectivity index (χ4n) is 15.3. The second-order valence-electron chi connectivity index (χ2n) is 30.8. The van der Waals surface area contributed by atoms with Crippen LogP contribution in [0.2, 0.25) is 0 Å². The zero-order chi connectivity index (χ0) is 55.7. The Labute approximate surface area is 473 Å². The number of nitrogens with one attached hydrogen (secondary N) is 1. The summed E-state index contributed by atoms with van der Waals surface area (Å²) in [5, 5.41) is 9.49. The van der Waals surface area contributed by atoms with E-state index in [0.717, 1.165) is 17.8 Å². The highest BCUT2D eigenvalue weighted by molar-refractivity contribution is 7.25. The molecule has 7 aromatic carbocycles. The second kappa shape index (κ2) is 17.6. The third-order valence-electron chi connectivity index (χ3n) is 21.1. The Balaban J connectivity index is 1.15. The topological polar surface area (TPSA) is 15.3 Å². The van der Waals surface area contributed by atoms with Crippen molar-refractivity contribution in [3.63, 3.8) is 0 Å². The average molecular weight is 1050 g/mol. The van der Waals surface area contributed by atoms with Crippen LogP contribution in [0.5, 0.6) is 0 Å². The Morgan fingerprint density at radius 3 is 1.59 bits per heavy atom. The molecule has 78 heavy (non-hydrogen) atoms. The Bertz CT molecular complexity index is 3780. The van der Waals surface area contributed by atoms with Crippen LogP contribution in [0.4, 0.5) is 28.4 Å². The zero-order valence-electron chi connectivity index (χ0n) is 51.0. The molecule has 406 valence electrons. The van der Waals surface area contributed by atoms with Gasteiger partial charge in [-0.1, -0.05) is 153 Å². The summed E-state index contributed by atoms with van der Waals surface area (Å²) in [6.07, 6.45) is 10.6. The average Bonchev–Trinajstić information content (AvgIpc) is 3.74. The third-order valence-corrected chi connectivity index (χ3v) is 22.2. The highest BCUT2D eigenvalue weighted by Crippen LogP contribution is 2.56. The van der Waals surface area contributed by atoms with Crippen molar-refractivity contribution in [1.82, 2.24) is 0 Å². The van der Waals surface area contributed by atoms with E-state index in [1.165, 1.54) is 166 Å². The highest BCUT2D eigenvalue weighted by Gasteiger charge is 2.42. The molecule has 1 N–H and O–H groups in total. The van der Waals surface area contributed by atoms with Crippen LogP contribution in [0.25, 0.3) is 42.1 Å². The largest absolute Gasteiger partial charge is 0.355 e. The van der Waals surface area contributed by atoms with Gasteiger partial charge in [0.1, 0.15) is 0 Å². The lowest BCUT2D eigenvalue weighted by atomic mass is 9.62. The van der Waals surface area contributed by atoms with Gasteiger partial charge in [0, 0.05) is 48.5 Å². The van der Waals surface area contributed by atoms with Crippen LogP contribution in [0.3, 0.4) is 0 Å². The molecule has 12 rings (SSSR count). The Morgan fingerprint density at radius 2 is 0.936 bits per heavy atom. The Hall–Kier alpha value is -5.38. The molecule has 0 radical (unpaired) electrons. The quantitative estimate of drug-likeness (QED) is 0.167. The van der Waals surface area contributed by atoms with Crippen LogP contribution >= 0.6 is 11.3 Å². The molecule has 0 atom stereocenters. The van der Waals surface area contributed by atoms with Crippen LogP contribution in [-0.4, -0.2) is 0 Å². The fraction of sp³-hybridized carbons (Fsp3) is 0.467. The van der Waals surface area contributed by atoms with Crippen molar-refractivity contribution in [3.8, 4) is 11.1 Å². The van der Waals surface area contributed by atoms with Crippen LogP contribution in [0.1, 0.15) is 218 Å². The highest BCUT2D eigenvalue weighted by atomic mass is 32.1. The molecule has 0 aliphatic heterocycles. The lowest BCUT2D eigenvalue weighted by molar-refractivity contribution is 0.304. The van der Waals surface area contributed by atoms with Crippen LogP contribution < -0.4 is 10.2 Å². The molecule has 2 nitrogen and oxygen atoms in total. The van der Waals surface area contributed by atoms with Gasteiger partial charge in [0.2, 0.25) is 0 Å². The number of thiophene rings is 1. The van der Waals surface area contributed by atoms with E-state index in [0.29, 0.717) is 0 Å². The van der Waals surface area contributed by atoms with Gasteiger partial charge in [0.15, 0.2) is 0 Å². The maximum Gasteiger partial charge on any atom is 0.0503 e. The van der Waals surface area contributed by atoms with E-state index in [1.807, 2.05) is 11.3 Å². The van der Waals surface area contributed by atoms with E-state index in [2.05, 4.69) is 238 Å². The molecule has 8 aromatic rings. The smallest absolute Gasteiger partial charge is 0.0503 e. The summed E-state index contributed by atoms with van der Waals surface area (Å²) in [6, 6.07) is 42.2. The van der Waals surface area contributed by atoms with Gasteiger partial charge in [-0.05, 0) is 248 Å². The van der Waals surface area contributed by atoms with Gasteiger partial charge in [-0.25, -0.2) is 0 Å². The van der Waals surface area contributed by atoms with E-state index in [9.17, 15) is 0 Å². The molecule has 0 amide bonds. The van der Waals surface area contributed by atoms with Crippen molar-refractivity contribution in [3.05, 3.63) is 159 Å². The van der Waals surface area contributed by atoms with Crippen LogP contribution in [-0.2, 0) is 44.3 Å². The first kappa shape index (κ1) is 53.3. The number of aryl methyl sites for hydroxylation is 1. The lowest BCUT2D eigenvalue weighted by Crippen LogP contribution is -2.34. The van der Waals surface area contributed by atoms with Crippen molar-refractivity contribution in [2.45, 2.75) is 220 Å². The summed E-state index contributed by atoms with van der Waals surface area (Å²) < 4.78 is 2.72. The SMILES string of the molecule is Cc1cc2c(cc1N(c1ccc3c(c1)C(C)(C)CCC3(C)C)c1cc3ccccc3c(-c3cc4c(cc3Nc3ccc5c(c3)CC(C)(C)CCC5(C)C)sc3cc5c(cc34)C(C)(C)CCC5(C)C)c1C)C(C)(C)CCC2(C)C. The normalized spacial score (nSPS) is 20.8. The van der Waals surface area contributed by atoms with Crippen molar-refractivity contribution < 1.29 is 0 Å².